The molecule has 1 heterocycles. The van der Waals surface area contributed by atoms with Gasteiger partial charge >= 0.3 is 0 Å². The summed E-state index contributed by atoms with van der Waals surface area (Å²) in [6, 6.07) is 16.7. The number of ether oxygens (including phenoxy) is 1. The number of para-hydroxylation sites is 1. The van der Waals surface area contributed by atoms with Crippen LogP contribution in [0.4, 0.5) is 5.69 Å². The molecule has 1 aliphatic heterocycles. The average molecular weight is 297 g/mol. The summed E-state index contributed by atoms with van der Waals surface area (Å²) in [5.74, 6) is 0.952. The van der Waals surface area contributed by atoms with Crippen LogP contribution in [0.2, 0.25) is 0 Å². The summed E-state index contributed by atoms with van der Waals surface area (Å²) >= 11 is 0. The van der Waals surface area contributed by atoms with E-state index < -0.39 is 0 Å². The van der Waals surface area contributed by atoms with E-state index in [0.717, 1.165) is 23.4 Å². The molecule has 2 aromatic carbocycles. The van der Waals surface area contributed by atoms with Gasteiger partial charge in [-0.15, -0.1) is 0 Å². The van der Waals surface area contributed by atoms with E-state index in [1.807, 2.05) is 30.3 Å². The minimum atomic E-state index is 0.0902. The zero-order chi connectivity index (χ0) is 15.5. The monoisotopic (exact) mass is 297 g/mol. The molecule has 3 rings (SSSR count). The number of hydrogen-bond donors (Lipinski definition) is 3. The predicted octanol–water partition coefficient (Wildman–Crippen LogP) is 2.95. The van der Waals surface area contributed by atoms with Gasteiger partial charge in [0.15, 0.2) is 0 Å². The van der Waals surface area contributed by atoms with Gasteiger partial charge in [0, 0.05) is 11.7 Å². The summed E-state index contributed by atoms with van der Waals surface area (Å²) in [5.41, 5.74) is 15.7. The van der Waals surface area contributed by atoms with Crippen molar-refractivity contribution in [2.45, 2.75) is 38.5 Å². The maximum absolute atomic E-state index is 6.11. The van der Waals surface area contributed by atoms with Gasteiger partial charge in [0.05, 0.1) is 6.04 Å². The molecule has 4 nitrogen and oxygen atoms in total. The Morgan fingerprint density at radius 2 is 1.82 bits per heavy atom. The lowest BCUT2D eigenvalue weighted by Gasteiger charge is -2.21. The molecular weight excluding hydrogens is 274 g/mol. The van der Waals surface area contributed by atoms with Crippen LogP contribution in [0.5, 0.6) is 5.75 Å². The number of anilines is 1. The molecule has 1 fully saturated rings. The summed E-state index contributed by atoms with van der Waals surface area (Å²) < 4.78 is 6.11. The SMILES string of the molecule is Cc1ccccc1OC(C)C1CC(c2ccc(N)cc2)NN1. The van der Waals surface area contributed by atoms with Crippen LogP contribution in [0.3, 0.4) is 0 Å². The molecule has 0 spiro atoms. The quantitative estimate of drug-likeness (QED) is 0.759. The van der Waals surface area contributed by atoms with Crippen LogP contribution in [0.1, 0.15) is 30.5 Å². The van der Waals surface area contributed by atoms with Crippen molar-refractivity contribution in [1.82, 2.24) is 10.9 Å². The van der Waals surface area contributed by atoms with Crippen LogP contribution in [0, 0.1) is 6.92 Å². The maximum atomic E-state index is 6.11. The minimum absolute atomic E-state index is 0.0902. The van der Waals surface area contributed by atoms with Crippen LogP contribution in [-0.2, 0) is 0 Å². The van der Waals surface area contributed by atoms with Gasteiger partial charge in [-0.25, -0.2) is 5.43 Å². The van der Waals surface area contributed by atoms with Crippen molar-refractivity contribution < 1.29 is 4.74 Å². The Hall–Kier alpha value is -2.04. The van der Waals surface area contributed by atoms with Crippen molar-refractivity contribution in [3.63, 3.8) is 0 Å². The van der Waals surface area contributed by atoms with Crippen LogP contribution in [-0.4, -0.2) is 12.1 Å². The van der Waals surface area contributed by atoms with E-state index in [1.165, 1.54) is 5.56 Å². The van der Waals surface area contributed by atoms with Gasteiger partial charge in [0.2, 0.25) is 0 Å². The van der Waals surface area contributed by atoms with E-state index in [9.17, 15) is 0 Å². The first-order valence-electron chi connectivity index (χ1n) is 7.72. The molecular formula is C18H23N3O. The smallest absolute Gasteiger partial charge is 0.122 e. The Morgan fingerprint density at radius 1 is 1.09 bits per heavy atom. The highest BCUT2D eigenvalue weighted by atomic mass is 16.5. The van der Waals surface area contributed by atoms with Crippen LogP contribution in [0.25, 0.3) is 0 Å². The highest BCUT2D eigenvalue weighted by Gasteiger charge is 2.30. The van der Waals surface area contributed by atoms with Gasteiger partial charge in [0.25, 0.3) is 0 Å². The second-order valence-corrected chi connectivity index (χ2v) is 5.94. The van der Waals surface area contributed by atoms with Crippen molar-refractivity contribution in [3.8, 4) is 5.75 Å². The number of nitrogen functional groups attached to an aromatic ring is 1. The lowest BCUT2D eigenvalue weighted by Crippen LogP contribution is -2.40. The van der Waals surface area contributed by atoms with Gasteiger partial charge < -0.3 is 10.5 Å². The molecule has 4 heteroatoms. The molecule has 0 aromatic heterocycles. The van der Waals surface area contributed by atoms with Crippen molar-refractivity contribution in [2.24, 2.45) is 0 Å². The summed E-state index contributed by atoms with van der Waals surface area (Å²) in [5, 5.41) is 0. The molecule has 1 saturated heterocycles. The largest absolute Gasteiger partial charge is 0.489 e. The molecule has 116 valence electrons. The molecule has 22 heavy (non-hydrogen) atoms. The number of benzene rings is 2. The van der Waals surface area contributed by atoms with Crippen LogP contribution < -0.4 is 21.3 Å². The Kier molecular flexibility index (Phi) is 4.32. The van der Waals surface area contributed by atoms with Gasteiger partial charge in [-0.2, -0.15) is 0 Å². The van der Waals surface area contributed by atoms with Gasteiger partial charge in [-0.3, -0.25) is 5.43 Å². The first-order valence-corrected chi connectivity index (χ1v) is 7.72. The summed E-state index contributed by atoms with van der Waals surface area (Å²) in [6.07, 6.45) is 1.07. The minimum Gasteiger partial charge on any atom is -0.489 e. The molecule has 1 aliphatic rings. The van der Waals surface area contributed by atoms with E-state index in [4.69, 9.17) is 10.5 Å². The molecule has 2 aromatic rings. The average Bonchev–Trinajstić information content (AvgIpc) is 3.00. The molecule has 0 bridgehead atoms. The van der Waals surface area contributed by atoms with E-state index >= 15 is 0 Å². The van der Waals surface area contributed by atoms with E-state index in [-0.39, 0.29) is 18.2 Å². The van der Waals surface area contributed by atoms with E-state index in [0.29, 0.717) is 0 Å². The first-order chi connectivity index (χ1) is 10.6. The highest BCUT2D eigenvalue weighted by Crippen LogP contribution is 2.26. The number of hydrogen-bond acceptors (Lipinski definition) is 4. The Morgan fingerprint density at radius 3 is 2.55 bits per heavy atom. The summed E-state index contributed by atoms with van der Waals surface area (Å²) in [6.45, 7) is 4.18. The van der Waals surface area contributed by atoms with Crippen molar-refractivity contribution >= 4 is 5.69 Å². The summed E-state index contributed by atoms with van der Waals surface area (Å²) in [7, 11) is 0. The zero-order valence-corrected chi connectivity index (χ0v) is 13.0. The first kappa shape index (κ1) is 14.9. The lowest BCUT2D eigenvalue weighted by atomic mass is 9.99. The number of hydrazine groups is 1. The maximum Gasteiger partial charge on any atom is 0.122 e. The van der Waals surface area contributed by atoms with Crippen LogP contribution in [0.15, 0.2) is 48.5 Å². The van der Waals surface area contributed by atoms with Gasteiger partial charge in [0.1, 0.15) is 11.9 Å². The highest BCUT2D eigenvalue weighted by molar-refractivity contribution is 5.40. The van der Waals surface area contributed by atoms with Crippen LogP contribution >= 0.6 is 0 Å². The molecule has 3 atom stereocenters. The fraction of sp³-hybridized carbons (Fsp3) is 0.333. The second kappa shape index (κ2) is 6.38. The third-order valence-corrected chi connectivity index (χ3v) is 4.24. The molecule has 4 N–H and O–H groups in total. The van der Waals surface area contributed by atoms with Crippen molar-refractivity contribution in [3.05, 3.63) is 59.7 Å². The lowest BCUT2D eigenvalue weighted by molar-refractivity contribution is 0.175. The normalized spacial score (nSPS) is 22.5. The molecule has 0 radical (unpaired) electrons. The Labute approximate surface area is 131 Å². The van der Waals surface area contributed by atoms with Gasteiger partial charge in [-0.05, 0) is 49.6 Å². The summed E-state index contributed by atoms with van der Waals surface area (Å²) in [4.78, 5) is 0. The Balaban J connectivity index is 1.62. The fourth-order valence-electron chi connectivity index (χ4n) is 2.81. The number of nitrogens with two attached hydrogens (primary N) is 1. The van der Waals surface area contributed by atoms with E-state index in [1.54, 1.807) is 0 Å². The van der Waals surface area contributed by atoms with E-state index in [2.05, 4.69) is 42.9 Å². The molecule has 3 unspecified atom stereocenters. The molecule has 0 amide bonds. The standard InChI is InChI=1S/C18H23N3O/c1-12-5-3-4-6-18(12)22-13(2)16-11-17(21-20-16)14-7-9-15(19)10-8-14/h3-10,13,16-17,20-21H,11,19H2,1-2H3. The number of nitrogens with one attached hydrogen (secondary N) is 2. The van der Waals surface area contributed by atoms with Gasteiger partial charge in [-0.1, -0.05) is 30.3 Å². The fourth-order valence-corrected chi connectivity index (χ4v) is 2.81. The topological polar surface area (TPSA) is 59.3 Å². The second-order valence-electron chi connectivity index (χ2n) is 5.94. The molecule has 0 aliphatic carbocycles. The number of rotatable bonds is 4. The third kappa shape index (κ3) is 3.24. The van der Waals surface area contributed by atoms with Crippen molar-refractivity contribution in [1.29, 1.82) is 0 Å². The third-order valence-electron chi connectivity index (χ3n) is 4.24. The van der Waals surface area contributed by atoms with Crippen molar-refractivity contribution in [2.75, 3.05) is 5.73 Å². The zero-order valence-electron chi connectivity index (χ0n) is 13.0. The predicted molar refractivity (Wildman–Crippen MR) is 89.5 cm³/mol. The number of aryl methyl sites for hydroxylation is 1. The molecule has 0 saturated carbocycles. The Bertz CT molecular complexity index is 626.